The fourth-order valence-electron chi connectivity index (χ4n) is 1.99. The standard InChI is InChI=1S/C12H17NO3S/c13-11-5-3-10(4-6-11)8-17(14,15)9-12-2-1-7-16-12/h3-6,12H,1-2,7-9,13H2. The molecule has 1 saturated heterocycles. The van der Waals surface area contributed by atoms with Crippen LogP contribution in [0.25, 0.3) is 0 Å². The van der Waals surface area contributed by atoms with Gasteiger partial charge in [0.1, 0.15) is 0 Å². The van der Waals surface area contributed by atoms with Gasteiger partial charge in [-0.25, -0.2) is 8.42 Å². The lowest BCUT2D eigenvalue weighted by molar-refractivity contribution is 0.127. The SMILES string of the molecule is Nc1ccc(CS(=O)(=O)CC2CCCO2)cc1. The Labute approximate surface area is 102 Å². The van der Waals surface area contributed by atoms with E-state index in [9.17, 15) is 8.42 Å². The molecule has 94 valence electrons. The van der Waals surface area contributed by atoms with Crippen LogP contribution in [0.3, 0.4) is 0 Å². The molecule has 2 N–H and O–H groups in total. The second-order valence-corrected chi connectivity index (χ2v) is 6.54. The molecule has 1 unspecified atom stereocenters. The maximum Gasteiger partial charge on any atom is 0.156 e. The highest BCUT2D eigenvalue weighted by Gasteiger charge is 2.23. The number of nitrogens with two attached hydrogens (primary N) is 1. The van der Waals surface area contributed by atoms with Crippen LogP contribution in [-0.4, -0.2) is 26.9 Å². The lowest BCUT2D eigenvalue weighted by Gasteiger charge is -2.10. The number of anilines is 1. The number of sulfone groups is 1. The molecule has 0 bridgehead atoms. The van der Waals surface area contributed by atoms with Crippen LogP contribution in [0.2, 0.25) is 0 Å². The van der Waals surface area contributed by atoms with Crippen LogP contribution in [0, 0.1) is 0 Å². The van der Waals surface area contributed by atoms with Crippen molar-refractivity contribution in [2.45, 2.75) is 24.7 Å². The normalized spacial score (nSPS) is 20.6. The van der Waals surface area contributed by atoms with Gasteiger partial charge in [-0.1, -0.05) is 12.1 Å². The molecular formula is C12H17NO3S. The number of benzene rings is 1. The van der Waals surface area contributed by atoms with Crippen LogP contribution in [0.1, 0.15) is 18.4 Å². The summed E-state index contributed by atoms with van der Waals surface area (Å²) in [6.45, 7) is 0.683. The van der Waals surface area contributed by atoms with Gasteiger partial charge in [0.2, 0.25) is 0 Å². The Hall–Kier alpha value is -1.07. The fraction of sp³-hybridized carbons (Fsp3) is 0.500. The molecule has 1 aliphatic heterocycles. The van der Waals surface area contributed by atoms with Crippen molar-refractivity contribution in [1.82, 2.24) is 0 Å². The lowest BCUT2D eigenvalue weighted by Crippen LogP contribution is -2.21. The van der Waals surface area contributed by atoms with E-state index >= 15 is 0 Å². The predicted octanol–water partition coefficient (Wildman–Crippen LogP) is 1.36. The topological polar surface area (TPSA) is 69.4 Å². The molecule has 1 aromatic rings. The maximum atomic E-state index is 11.9. The Morgan fingerprint density at radius 1 is 1.29 bits per heavy atom. The second-order valence-electron chi connectivity index (χ2n) is 4.43. The van der Waals surface area contributed by atoms with E-state index in [0.29, 0.717) is 12.3 Å². The van der Waals surface area contributed by atoms with Crippen molar-refractivity contribution in [1.29, 1.82) is 0 Å². The molecule has 0 aliphatic carbocycles. The summed E-state index contributed by atoms with van der Waals surface area (Å²) in [5, 5.41) is 0. The van der Waals surface area contributed by atoms with E-state index < -0.39 is 9.84 Å². The van der Waals surface area contributed by atoms with Gasteiger partial charge in [0.05, 0.1) is 17.6 Å². The third kappa shape index (κ3) is 3.71. The van der Waals surface area contributed by atoms with Crippen LogP contribution in [0.15, 0.2) is 24.3 Å². The summed E-state index contributed by atoms with van der Waals surface area (Å²) in [5.41, 5.74) is 6.97. The number of hydrogen-bond acceptors (Lipinski definition) is 4. The highest BCUT2D eigenvalue weighted by Crippen LogP contribution is 2.17. The molecule has 0 aromatic heterocycles. The van der Waals surface area contributed by atoms with Gasteiger partial charge >= 0.3 is 0 Å². The zero-order valence-corrected chi connectivity index (χ0v) is 10.4. The Bertz CT molecular complexity index is 461. The van der Waals surface area contributed by atoms with Crippen LogP contribution >= 0.6 is 0 Å². The molecule has 0 saturated carbocycles. The summed E-state index contributed by atoms with van der Waals surface area (Å²) >= 11 is 0. The average Bonchev–Trinajstić information content (AvgIpc) is 2.73. The molecule has 2 rings (SSSR count). The van der Waals surface area contributed by atoms with E-state index in [1.54, 1.807) is 24.3 Å². The monoisotopic (exact) mass is 255 g/mol. The van der Waals surface area contributed by atoms with Crippen molar-refractivity contribution in [3.05, 3.63) is 29.8 Å². The Balaban J connectivity index is 1.98. The maximum absolute atomic E-state index is 11.9. The summed E-state index contributed by atoms with van der Waals surface area (Å²) < 4.78 is 29.2. The van der Waals surface area contributed by atoms with Crippen molar-refractivity contribution in [2.24, 2.45) is 0 Å². The molecule has 1 atom stereocenters. The van der Waals surface area contributed by atoms with Gasteiger partial charge in [0.25, 0.3) is 0 Å². The molecule has 4 nitrogen and oxygen atoms in total. The van der Waals surface area contributed by atoms with Crippen LogP contribution < -0.4 is 5.73 Å². The smallest absolute Gasteiger partial charge is 0.156 e. The Morgan fingerprint density at radius 2 is 2.00 bits per heavy atom. The molecule has 1 aromatic carbocycles. The molecule has 17 heavy (non-hydrogen) atoms. The number of rotatable bonds is 4. The number of nitrogen functional groups attached to an aromatic ring is 1. The summed E-state index contributed by atoms with van der Waals surface area (Å²) in [6, 6.07) is 6.94. The number of ether oxygens (including phenoxy) is 1. The molecule has 0 spiro atoms. The van der Waals surface area contributed by atoms with Crippen molar-refractivity contribution < 1.29 is 13.2 Å². The molecule has 1 aliphatic rings. The van der Waals surface area contributed by atoms with Gasteiger partial charge in [0.15, 0.2) is 9.84 Å². The highest BCUT2D eigenvalue weighted by molar-refractivity contribution is 7.90. The quantitative estimate of drug-likeness (QED) is 0.825. The van der Waals surface area contributed by atoms with Crippen LogP contribution in [-0.2, 0) is 20.3 Å². The van der Waals surface area contributed by atoms with Crippen molar-refractivity contribution in [2.75, 3.05) is 18.1 Å². The van der Waals surface area contributed by atoms with Gasteiger partial charge in [-0.15, -0.1) is 0 Å². The summed E-state index contributed by atoms with van der Waals surface area (Å²) in [4.78, 5) is 0. The fourth-order valence-corrected chi connectivity index (χ4v) is 3.63. The van der Waals surface area contributed by atoms with E-state index in [1.807, 2.05) is 0 Å². The van der Waals surface area contributed by atoms with Crippen molar-refractivity contribution in [3.8, 4) is 0 Å². The second kappa shape index (κ2) is 5.06. The van der Waals surface area contributed by atoms with E-state index in [-0.39, 0.29) is 17.6 Å². The first-order valence-corrected chi connectivity index (χ1v) is 7.54. The molecule has 1 heterocycles. The predicted molar refractivity (Wildman–Crippen MR) is 67.3 cm³/mol. The molecule has 5 heteroatoms. The molecule has 0 amide bonds. The largest absolute Gasteiger partial charge is 0.399 e. The Morgan fingerprint density at radius 3 is 2.59 bits per heavy atom. The molecule has 1 fully saturated rings. The first kappa shape index (κ1) is 12.4. The minimum absolute atomic E-state index is 0.0626. The zero-order chi connectivity index (χ0) is 12.3. The number of hydrogen-bond donors (Lipinski definition) is 1. The molecule has 0 radical (unpaired) electrons. The highest BCUT2D eigenvalue weighted by atomic mass is 32.2. The van der Waals surface area contributed by atoms with Gasteiger partial charge in [0, 0.05) is 12.3 Å². The summed E-state index contributed by atoms with van der Waals surface area (Å²) in [6.07, 6.45) is 1.69. The first-order valence-electron chi connectivity index (χ1n) is 5.72. The van der Waals surface area contributed by atoms with E-state index in [2.05, 4.69) is 0 Å². The Kier molecular flexibility index (Phi) is 3.69. The first-order chi connectivity index (χ1) is 8.05. The van der Waals surface area contributed by atoms with E-state index in [0.717, 1.165) is 18.4 Å². The summed E-state index contributed by atoms with van der Waals surface area (Å²) in [7, 11) is -3.10. The van der Waals surface area contributed by atoms with Gasteiger partial charge < -0.3 is 10.5 Å². The van der Waals surface area contributed by atoms with Crippen molar-refractivity contribution in [3.63, 3.8) is 0 Å². The van der Waals surface area contributed by atoms with Crippen LogP contribution in [0.4, 0.5) is 5.69 Å². The molecular weight excluding hydrogens is 238 g/mol. The minimum Gasteiger partial charge on any atom is -0.399 e. The van der Waals surface area contributed by atoms with Gasteiger partial charge in [-0.05, 0) is 30.5 Å². The van der Waals surface area contributed by atoms with Gasteiger partial charge in [-0.2, -0.15) is 0 Å². The van der Waals surface area contributed by atoms with Gasteiger partial charge in [-0.3, -0.25) is 0 Å². The van der Waals surface area contributed by atoms with E-state index in [1.165, 1.54) is 0 Å². The lowest BCUT2D eigenvalue weighted by atomic mass is 10.2. The third-order valence-electron chi connectivity index (χ3n) is 2.83. The zero-order valence-electron chi connectivity index (χ0n) is 9.63. The van der Waals surface area contributed by atoms with Crippen molar-refractivity contribution >= 4 is 15.5 Å². The summed E-state index contributed by atoms with van der Waals surface area (Å²) in [5.74, 6) is 0.185. The minimum atomic E-state index is -3.10. The average molecular weight is 255 g/mol. The van der Waals surface area contributed by atoms with Crippen LogP contribution in [0.5, 0.6) is 0 Å². The third-order valence-corrected chi connectivity index (χ3v) is 4.48. The van der Waals surface area contributed by atoms with E-state index in [4.69, 9.17) is 10.5 Å².